The molecule has 0 unspecified atom stereocenters. The van der Waals surface area contributed by atoms with Crippen molar-refractivity contribution in [1.29, 1.82) is 0 Å². The first-order valence-electron chi connectivity index (χ1n) is 10.0. The molecule has 0 bridgehead atoms. The van der Waals surface area contributed by atoms with E-state index in [1.807, 2.05) is 12.1 Å². The van der Waals surface area contributed by atoms with E-state index in [9.17, 15) is 8.42 Å². The first-order valence-corrected chi connectivity index (χ1v) is 11.5. The van der Waals surface area contributed by atoms with Gasteiger partial charge in [0, 0.05) is 25.3 Å². The monoisotopic (exact) mass is 386 g/mol. The van der Waals surface area contributed by atoms with Gasteiger partial charge in [0.2, 0.25) is 10.0 Å². The fourth-order valence-corrected chi connectivity index (χ4v) is 4.63. The third-order valence-corrected chi connectivity index (χ3v) is 6.59. The molecule has 0 aromatic heterocycles. The average molecular weight is 387 g/mol. The molecule has 0 atom stereocenters. The van der Waals surface area contributed by atoms with Crippen molar-refractivity contribution < 1.29 is 8.42 Å². The quantitative estimate of drug-likeness (QED) is 0.659. The van der Waals surface area contributed by atoms with E-state index < -0.39 is 10.0 Å². The molecule has 1 aliphatic heterocycles. The zero-order valence-electron chi connectivity index (χ0n) is 16.2. The van der Waals surface area contributed by atoms with Gasteiger partial charge in [-0.05, 0) is 67.5 Å². The van der Waals surface area contributed by atoms with Crippen molar-refractivity contribution >= 4 is 15.7 Å². The van der Waals surface area contributed by atoms with Gasteiger partial charge in [-0.15, -0.1) is 0 Å². The maximum Gasteiger partial charge on any atom is 0.240 e. The molecule has 0 amide bonds. The minimum absolute atomic E-state index is 0.345. The summed E-state index contributed by atoms with van der Waals surface area (Å²) in [6.07, 6.45) is 6.26. The Kier molecular flexibility index (Phi) is 6.91. The molecule has 2 aromatic carbocycles. The van der Waals surface area contributed by atoms with Crippen molar-refractivity contribution in [2.45, 2.75) is 50.3 Å². The van der Waals surface area contributed by atoms with Crippen LogP contribution < -0.4 is 9.62 Å². The Hall–Kier alpha value is -1.85. The van der Waals surface area contributed by atoms with Crippen LogP contribution in [-0.2, 0) is 22.9 Å². The van der Waals surface area contributed by atoms with Crippen molar-refractivity contribution in [1.82, 2.24) is 4.72 Å². The fraction of sp³-hybridized carbons (Fsp3) is 0.455. The van der Waals surface area contributed by atoms with Crippen LogP contribution in [0.25, 0.3) is 0 Å². The molecular weight excluding hydrogens is 356 g/mol. The minimum atomic E-state index is -3.42. The van der Waals surface area contributed by atoms with E-state index in [0.29, 0.717) is 11.4 Å². The Balaban J connectivity index is 1.46. The second-order valence-corrected chi connectivity index (χ2v) is 9.02. The second kappa shape index (κ2) is 9.38. The zero-order valence-corrected chi connectivity index (χ0v) is 17.0. The summed E-state index contributed by atoms with van der Waals surface area (Å²) in [6, 6.07) is 15.9. The van der Waals surface area contributed by atoms with E-state index in [1.54, 1.807) is 12.1 Å². The predicted octanol–water partition coefficient (Wildman–Crippen LogP) is 4.15. The van der Waals surface area contributed by atoms with Gasteiger partial charge in [0.25, 0.3) is 0 Å². The lowest BCUT2D eigenvalue weighted by atomic mass is 10.1. The summed E-state index contributed by atoms with van der Waals surface area (Å²) >= 11 is 0. The van der Waals surface area contributed by atoms with Crippen molar-refractivity contribution in [3.63, 3.8) is 0 Å². The van der Waals surface area contributed by atoms with Gasteiger partial charge in [-0.2, -0.15) is 0 Å². The summed E-state index contributed by atoms with van der Waals surface area (Å²) in [5, 5.41) is 0. The largest absolute Gasteiger partial charge is 0.372 e. The lowest BCUT2D eigenvalue weighted by Gasteiger charge is -2.17. The van der Waals surface area contributed by atoms with E-state index in [0.717, 1.165) is 38.8 Å². The van der Waals surface area contributed by atoms with E-state index in [2.05, 4.69) is 40.8 Å². The molecule has 2 aromatic rings. The number of rotatable bonds is 9. The Bertz CT molecular complexity index is 808. The van der Waals surface area contributed by atoms with Gasteiger partial charge in [-0.3, -0.25) is 0 Å². The molecule has 0 saturated carbocycles. The number of hydrogen-bond acceptors (Lipinski definition) is 3. The summed E-state index contributed by atoms with van der Waals surface area (Å²) in [5.41, 5.74) is 3.72. The molecule has 5 heteroatoms. The molecule has 1 N–H and O–H groups in total. The fourth-order valence-electron chi connectivity index (χ4n) is 3.56. The highest BCUT2D eigenvalue weighted by Crippen LogP contribution is 2.20. The van der Waals surface area contributed by atoms with Gasteiger partial charge in [0.05, 0.1) is 4.90 Å². The average Bonchev–Trinajstić information content (AvgIpc) is 3.21. The Labute approximate surface area is 163 Å². The lowest BCUT2D eigenvalue weighted by Crippen LogP contribution is -2.25. The van der Waals surface area contributed by atoms with Crippen molar-refractivity contribution in [2.24, 2.45) is 0 Å². The Morgan fingerprint density at radius 1 is 0.889 bits per heavy atom. The van der Waals surface area contributed by atoms with Crippen LogP contribution in [0.1, 0.15) is 43.7 Å². The number of nitrogens with one attached hydrogen (secondary N) is 1. The SMILES string of the molecule is CCCc1ccc(S(=O)(=O)NCCCc2ccc(N3CCCC3)cc2)cc1. The highest BCUT2D eigenvalue weighted by Gasteiger charge is 2.13. The third kappa shape index (κ3) is 5.56. The minimum Gasteiger partial charge on any atom is -0.372 e. The van der Waals surface area contributed by atoms with Gasteiger partial charge in [0.1, 0.15) is 0 Å². The Morgan fingerprint density at radius 3 is 2.11 bits per heavy atom. The highest BCUT2D eigenvalue weighted by atomic mass is 32.2. The molecule has 1 fully saturated rings. The predicted molar refractivity (Wildman–Crippen MR) is 112 cm³/mol. The summed E-state index contributed by atoms with van der Waals surface area (Å²) in [5.74, 6) is 0. The summed E-state index contributed by atoms with van der Waals surface area (Å²) in [7, 11) is -3.42. The molecule has 146 valence electrons. The topological polar surface area (TPSA) is 49.4 Å². The van der Waals surface area contributed by atoms with Gasteiger partial charge < -0.3 is 4.90 Å². The molecule has 0 radical (unpaired) electrons. The number of benzene rings is 2. The van der Waals surface area contributed by atoms with Crippen molar-refractivity contribution in [3.8, 4) is 0 Å². The second-order valence-electron chi connectivity index (χ2n) is 7.26. The molecule has 1 aliphatic rings. The Morgan fingerprint density at radius 2 is 1.48 bits per heavy atom. The van der Waals surface area contributed by atoms with E-state index in [-0.39, 0.29) is 0 Å². The summed E-state index contributed by atoms with van der Waals surface area (Å²) in [4.78, 5) is 2.77. The number of hydrogen-bond donors (Lipinski definition) is 1. The number of aryl methyl sites for hydroxylation is 2. The van der Waals surface area contributed by atoms with E-state index in [4.69, 9.17) is 0 Å². The molecular formula is C22H30N2O2S. The molecule has 1 heterocycles. The summed E-state index contributed by atoms with van der Waals surface area (Å²) in [6.45, 7) is 4.88. The highest BCUT2D eigenvalue weighted by molar-refractivity contribution is 7.89. The first kappa shape index (κ1) is 19.9. The number of sulfonamides is 1. The van der Waals surface area contributed by atoms with E-state index >= 15 is 0 Å². The first-order chi connectivity index (χ1) is 13.1. The van der Waals surface area contributed by atoms with Crippen LogP contribution in [0.15, 0.2) is 53.4 Å². The van der Waals surface area contributed by atoms with Crippen molar-refractivity contribution in [3.05, 3.63) is 59.7 Å². The van der Waals surface area contributed by atoms with Crippen LogP contribution in [0.3, 0.4) is 0 Å². The van der Waals surface area contributed by atoms with Crippen LogP contribution in [-0.4, -0.2) is 28.1 Å². The van der Waals surface area contributed by atoms with Crippen LogP contribution in [0, 0.1) is 0 Å². The summed E-state index contributed by atoms with van der Waals surface area (Å²) < 4.78 is 27.5. The maximum atomic E-state index is 12.4. The van der Waals surface area contributed by atoms with Gasteiger partial charge in [-0.25, -0.2) is 13.1 Å². The lowest BCUT2D eigenvalue weighted by molar-refractivity contribution is 0.579. The van der Waals surface area contributed by atoms with Crippen LogP contribution in [0.5, 0.6) is 0 Å². The smallest absolute Gasteiger partial charge is 0.240 e. The standard InChI is InChI=1S/C22H30N2O2S/c1-2-6-19-10-14-22(15-11-19)27(25,26)23-16-5-7-20-8-12-21(13-9-20)24-17-3-4-18-24/h8-15,23H,2-7,16-18H2,1H3. The molecule has 3 rings (SSSR count). The number of nitrogens with zero attached hydrogens (tertiary/aromatic N) is 1. The normalized spacial score (nSPS) is 14.6. The van der Waals surface area contributed by atoms with Crippen LogP contribution in [0.2, 0.25) is 0 Å². The molecule has 1 saturated heterocycles. The molecule has 0 spiro atoms. The van der Waals surface area contributed by atoms with Gasteiger partial charge in [0.15, 0.2) is 0 Å². The third-order valence-electron chi connectivity index (χ3n) is 5.11. The molecule has 0 aliphatic carbocycles. The van der Waals surface area contributed by atoms with Gasteiger partial charge >= 0.3 is 0 Å². The molecule has 27 heavy (non-hydrogen) atoms. The number of anilines is 1. The van der Waals surface area contributed by atoms with E-state index in [1.165, 1.54) is 29.7 Å². The zero-order chi connectivity index (χ0) is 19.1. The maximum absolute atomic E-state index is 12.4. The van der Waals surface area contributed by atoms with Crippen LogP contribution >= 0.6 is 0 Å². The van der Waals surface area contributed by atoms with Gasteiger partial charge in [-0.1, -0.05) is 37.6 Å². The van der Waals surface area contributed by atoms with Crippen LogP contribution in [0.4, 0.5) is 5.69 Å². The van der Waals surface area contributed by atoms with Crippen molar-refractivity contribution in [2.75, 3.05) is 24.5 Å². The molecule has 4 nitrogen and oxygen atoms in total.